The molecule has 1 aromatic carbocycles. The Morgan fingerprint density at radius 1 is 1.24 bits per heavy atom. The van der Waals surface area contributed by atoms with Gasteiger partial charge in [-0.1, -0.05) is 12.8 Å². The molecular formula is C17H21N3O5. The lowest BCUT2D eigenvalue weighted by molar-refractivity contribution is -0.385. The average molecular weight is 347 g/mol. The molecule has 0 spiro atoms. The van der Waals surface area contributed by atoms with E-state index in [1.54, 1.807) is 0 Å². The van der Waals surface area contributed by atoms with Crippen LogP contribution in [-0.4, -0.2) is 31.3 Å². The Labute approximate surface area is 145 Å². The van der Waals surface area contributed by atoms with Crippen LogP contribution in [0.25, 0.3) is 0 Å². The molecule has 3 rings (SSSR count). The summed E-state index contributed by atoms with van der Waals surface area (Å²) < 4.78 is 10.2. The van der Waals surface area contributed by atoms with Crippen molar-refractivity contribution in [2.75, 3.05) is 14.2 Å². The second kappa shape index (κ2) is 7.08. The van der Waals surface area contributed by atoms with Gasteiger partial charge in [-0.2, -0.15) is 5.10 Å². The predicted molar refractivity (Wildman–Crippen MR) is 90.9 cm³/mol. The lowest BCUT2D eigenvalue weighted by atomic mass is 10.0. The van der Waals surface area contributed by atoms with Crippen molar-refractivity contribution in [2.45, 2.75) is 25.7 Å². The fourth-order valence-corrected chi connectivity index (χ4v) is 3.77. The maximum atomic E-state index is 12.2. The second-order valence-electron chi connectivity index (χ2n) is 6.40. The van der Waals surface area contributed by atoms with E-state index in [0.717, 1.165) is 12.8 Å². The first kappa shape index (κ1) is 17.2. The lowest BCUT2D eigenvalue weighted by Gasteiger charge is -2.08. The van der Waals surface area contributed by atoms with Crippen LogP contribution in [0.5, 0.6) is 11.5 Å². The van der Waals surface area contributed by atoms with Crippen LogP contribution in [-0.2, 0) is 4.79 Å². The zero-order chi connectivity index (χ0) is 18.0. The molecule has 8 heteroatoms. The van der Waals surface area contributed by atoms with Crippen LogP contribution in [0, 0.1) is 27.9 Å². The summed E-state index contributed by atoms with van der Waals surface area (Å²) >= 11 is 0. The topological polar surface area (TPSA) is 103 Å². The summed E-state index contributed by atoms with van der Waals surface area (Å²) in [6.07, 6.45) is 5.85. The highest BCUT2D eigenvalue weighted by Crippen LogP contribution is 2.55. The Bertz CT molecular complexity index is 706. The van der Waals surface area contributed by atoms with E-state index in [-0.39, 0.29) is 28.8 Å². The number of carbonyl (C=O) groups is 1. The van der Waals surface area contributed by atoms with Crippen molar-refractivity contribution in [1.29, 1.82) is 0 Å². The molecule has 2 unspecified atom stereocenters. The molecule has 2 aliphatic carbocycles. The molecule has 134 valence electrons. The Hall–Kier alpha value is -2.64. The number of nitrogens with zero attached hydrogens (tertiary/aromatic N) is 2. The third-order valence-electron chi connectivity index (χ3n) is 5.07. The largest absolute Gasteiger partial charge is 0.493 e. The zero-order valence-electron chi connectivity index (χ0n) is 14.2. The van der Waals surface area contributed by atoms with Crippen molar-refractivity contribution in [2.24, 2.45) is 22.9 Å². The number of hydrogen-bond acceptors (Lipinski definition) is 6. The summed E-state index contributed by atoms with van der Waals surface area (Å²) in [7, 11) is 2.85. The van der Waals surface area contributed by atoms with Gasteiger partial charge in [-0.05, 0) is 30.7 Å². The Morgan fingerprint density at radius 2 is 1.84 bits per heavy atom. The molecule has 0 saturated heterocycles. The summed E-state index contributed by atoms with van der Waals surface area (Å²) in [4.78, 5) is 22.9. The number of fused-ring (bicyclic) bond motifs is 1. The number of ether oxygens (including phenoxy) is 2. The Kier molecular flexibility index (Phi) is 4.87. The molecule has 2 saturated carbocycles. The van der Waals surface area contributed by atoms with E-state index in [0.29, 0.717) is 17.6 Å². The van der Waals surface area contributed by atoms with Crippen LogP contribution in [0.4, 0.5) is 5.69 Å². The van der Waals surface area contributed by atoms with Gasteiger partial charge in [0.2, 0.25) is 5.91 Å². The molecule has 1 amide bonds. The molecule has 1 N–H and O–H groups in total. The number of nitrogens with one attached hydrogen (secondary N) is 1. The number of benzene rings is 1. The monoisotopic (exact) mass is 347 g/mol. The van der Waals surface area contributed by atoms with Crippen molar-refractivity contribution in [1.82, 2.24) is 5.43 Å². The van der Waals surface area contributed by atoms with Gasteiger partial charge in [-0.25, -0.2) is 5.43 Å². The van der Waals surface area contributed by atoms with Crippen molar-refractivity contribution in [3.05, 3.63) is 27.8 Å². The SMILES string of the molecule is COc1cc(/C=N/NC(=O)C2C3CCCCC32)c([N+](=O)[O-])cc1OC. The maximum Gasteiger partial charge on any atom is 0.282 e. The second-order valence-corrected chi connectivity index (χ2v) is 6.40. The van der Waals surface area contributed by atoms with Crippen LogP contribution < -0.4 is 14.9 Å². The molecule has 2 atom stereocenters. The third-order valence-corrected chi connectivity index (χ3v) is 5.07. The van der Waals surface area contributed by atoms with Crippen molar-refractivity contribution in [3.8, 4) is 11.5 Å². The minimum Gasteiger partial charge on any atom is -0.493 e. The van der Waals surface area contributed by atoms with Crippen LogP contribution in [0.3, 0.4) is 0 Å². The smallest absolute Gasteiger partial charge is 0.282 e. The molecule has 2 fully saturated rings. The molecule has 1 aromatic rings. The van der Waals surface area contributed by atoms with E-state index in [4.69, 9.17) is 9.47 Å². The average Bonchev–Trinajstić information content (AvgIpc) is 3.35. The highest BCUT2D eigenvalue weighted by Gasteiger charge is 2.54. The van der Waals surface area contributed by atoms with E-state index >= 15 is 0 Å². The number of hydrazone groups is 1. The number of nitro benzene ring substituents is 1. The number of amides is 1. The molecule has 0 heterocycles. The van der Waals surface area contributed by atoms with E-state index in [2.05, 4.69) is 10.5 Å². The molecule has 0 aliphatic heterocycles. The number of carbonyl (C=O) groups excluding carboxylic acids is 1. The summed E-state index contributed by atoms with van der Waals surface area (Å²) in [5.41, 5.74) is 2.58. The number of rotatable bonds is 6. The number of methoxy groups -OCH3 is 2. The van der Waals surface area contributed by atoms with E-state index in [1.807, 2.05) is 0 Å². The summed E-state index contributed by atoms with van der Waals surface area (Å²) in [6.45, 7) is 0. The van der Waals surface area contributed by atoms with Crippen molar-refractivity contribution in [3.63, 3.8) is 0 Å². The fraction of sp³-hybridized carbons (Fsp3) is 0.529. The van der Waals surface area contributed by atoms with Gasteiger partial charge in [0.15, 0.2) is 11.5 Å². The minimum atomic E-state index is -0.527. The first-order valence-corrected chi connectivity index (χ1v) is 8.30. The first-order chi connectivity index (χ1) is 12.1. The molecular weight excluding hydrogens is 326 g/mol. The van der Waals surface area contributed by atoms with Gasteiger partial charge in [0.05, 0.1) is 37.0 Å². The van der Waals surface area contributed by atoms with Crippen LogP contribution in [0.2, 0.25) is 0 Å². The summed E-state index contributed by atoms with van der Waals surface area (Å²) in [5, 5.41) is 15.1. The quantitative estimate of drug-likeness (QED) is 0.484. The standard InChI is InChI=1S/C17H21N3O5/c1-24-14-7-10(13(20(22)23)8-15(14)25-2)9-18-19-17(21)16-11-5-3-4-6-12(11)16/h7-9,11-12,16H,3-6H2,1-2H3,(H,19,21)/b18-9+. The molecule has 0 radical (unpaired) electrons. The van der Waals surface area contributed by atoms with Crippen molar-refractivity contribution < 1.29 is 19.2 Å². The van der Waals surface area contributed by atoms with Gasteiger partial charge >= 0.3 is 0 Å². The summed E-state index contributed by atoms with van der Waals surface area (Å²) in [6, 6.07) is 2.74. The van der Waals surface area contributed by atoms with E-state index < -0.39 is 4.92 Å². The third kappa shape index (κ3) is 3.42. The highest BCUT2D eigenvalue weighted by molar-refractivity contribution is 5.89. The zero-order valence-corrected chi connectivity index (χ0v) is 14.2. The predicted octanol–water partition coefficient (Wildman–Crippen LogP) is 2.50. The van der Waals surface area contributed by atoms with Crippen LogP contribution in [0.15, 0.2) is 17.2 Å². The summed E-state index contributed by atoms with van der Waals surface area (Å²) in [5.74, 6) is 1.53. The maximum absolute atomic E-state index is 12.2. The highest BCUT2D eigenvalue weighted by atomic mass is 16.6. The van der Waals surface area contributed by atoms with Gasteiger partial charge in [0, 0.05) is 5.92 Å². The van der Waals surface area contributed by atoms with Gasteiger partial charge in [-0.3, -0.25) is 14.9 Å². The molecule has 8 nitrogen and oxygen atoms in total. The minimum absolute atomic E-state index is 0.0417. The first-order valence-electron chi connectivity index (χ1n) is 8.30. The van der Waals surface area contributed by atoms with Crippen LogP contribution >= 0.6 is 0 Å². The van der Waals surface area contributed by atoms with Gasteiger partial charge in [-0.15, -0.1) is 0 Å². The van der Waals surface area contributed by atoms with E-state index in [9.17, 15) is 14.9 Å². The Balaban J connectivity index is 1.72. The van der Waals surface area contributed by atoms with Gasteiger partial charge < -0.3 is 9.47 Å². The number of nitro groups is 1. The number of hydrogen-bond donors (Lipinski definition) is 1. The van der Waals surface area contributed by atoms with E-state index in [1.165, 1.54) is 45.4 Å². The molecule has 0 aromatic heterocycles. The Morgan fingerprint density at radius 3 is 2.40 bits per heavy atom. The molecule has 0 bridgehead atoms. The van der Waals surface area contributed by atoms with Gasteiger partial charge in [0.1, 0.15) is 0 Å². The molecule has 25 heavy (non-hydrogen) atoms. The van der Waals surface area contributed by atoms with Crippen molar-refractivity contribution >= 4 is 17.8 Å². The normalized spacial score (nSPS) is 24.5. The lowest BCUT2D eigenvalue weighted by Crippen LogP contribution is -2.21. The van der Waals surface area contributed by atoms with Gasteiger partial charge in [0.25, 0.3) is 5.69 Å². The fourth-order valence-electron chi connectivity index (χ4n) is 3.77. The molecule has 2 aliphatic rings. The van der Waals surface area contributed by atoms with Crippen LogP contribution in [0.1, 0.15) is 31.2 Å².